The van der Waals surface area contributed by atoms with Gasteiger partial charge in [0.15, 0.2) is 0 Å². The Morgan fingerprint density at radius 3 is 2.76 bits per heavy atom. The van der Waals surface area contributed by atoms with E-state index in [0.717, 1.165) is 0 Å². The van der Waals surface area contributed by atoms with E-state index in [2.05, 4.69) is 12.6 Å². The van der Waals surface area contributed by atoms with E-state index in [1.165, 1.54) is 6.07 Å². The van der Waals surface area contributed by atoms with Crippen LogP contribution in [0.2, 0.25) is 0 Å². The molecule has 0 fully saturated rings. The van der Waals surface area contributed by atoms with Gasteiger partial charge in [0.2, 0.25) is 0 Å². The number of carbonyl (C=O) groups excluding carboxylic acids is 1. The Morgan fingerprint density at radius 1 is 1.53 bits per heavy atom. The van der Waals surface area contributed by atoms with Crippen LogP contribution in [0.4, 0.5) is 0 Å². The van der Waals surface area contributed by atoms with Gasteiger partial charge in [-0.05, 0) is 30.2 Å². The highest BCUT2D eigenvalue weighted by Gasteiger charge is 2.11. The molecule has 0 amide bonds. The molecule has 0 aromatic heterocycles. The molecule has 0 aliphatic rings. The zero-order valence-electron chi connectivity index (χ0n) is 9.43. The van der Waals surface area contributed by atoms with E-state index >= 15 is 0 Å². The van der Waals surface area contributed by atoms with Crippen LogP contribution in [-0.4, -0.2) is 17.7 Å². The number of hydrogen-bond donors (Lipinski definition) is 2. The van der Waals surface area contributed by atoms with Crippen LogP contribution in [0.15, 0.2) is 17.0 Å². The van der Waals surface area contributed by atoms with Gasteiger partial charge in [-0.3, -0.25) is 4.79 Å². The molecule has 5 heteroatoms. The number of carbonyl (C=O) groups is 1. The summed E-state index contributed by atoms with van der Waals surface area (Å²) in [6, 6.07) is 5.13. The average molecular weight is 251 g/mol. The first-order chi connectivity index (χ1) is 8.12. The van der Waals surface area contributed by atoms with Crippen molar-refractivity contribution in [3.05, 3.63) is 28.8 Å². The smallest absolute Gasteiger partial charge is 0.310 e. The van der Waals surface area contributed by atoms with Gasteiger partial charge in [-0.2, -0.15) is 5.26 Å². The molecular weight excluding hydrogens is 238 g/mol. The van der Waals surface area contributed by atoms with Gasteiger partial charge in [-0.25, -0.2) is 0 Å². The fraction of sp³-hybridized carbons (Fsp3) is 0.333. The first kappa shape index (κ1) is 13.6. The van der Waals surface area contributed by atoms with Gasteiger partial charge >= 0.3 is 5.97 Å². The van der Waals surface area contributed by atoms with E-state index in [1.54, 1.807) is 13.0 Å². The first-order valence-electron chi connectivity index (χ1n) is 5.13. The summed E-state index contributed by atoms with van der Waals surface area (Å²) in [5.41, 5.74) is 1.56. The molecule has 4 nitrogen and oxygen atoms in total. The molecule has 1 aromatic carbocycles. The highest BCUT2D eigenvalue weighted by atomic mass is 32.1. The topological polar surface area (TPSA) is 70.3 Å². The van der Waals surface area contributed by atoms with Gasteiger partial charge in [0.05, 0.1) is 25.2 Å². The fourth-order valence-electron chi connectivity index (χ4n) is 1.45. The normalized spacial score (nSPS) is 9.76. The van der Waals surface area contributed by atoms with Crippen LogP contribution in [0.3, 0.4) is 0 Å². The predicted octanol–water partition coefficient (Wildman–Crippen LogP) is 1.44. The summed E-state index contributed by atoms with van der Waals surface area (Å²) in [4.78, 5) is 11.8. The predicted molar refractivity (Wildman–Crippen MR) is 64.7 cm³/mol. The molecule has 0 heterocycles. The third-order valence-electron chi connectivity index (χ3n) is 2.25. The summed E-state index contributed by atoms with van der Waals surface area (Å²) < 4.78 is 4.83. The number of benzene rings is 1. The number of thiol groups is 1. The Morgan fingerprint density at radius 2 is 2.24 bits per heavy atom. The minimum Gasteiger partial charge on any atom is -0.466 e. The van der Waals surface area contributed by atoms with Gasteiger partial charge in [0, 0.05) is 4.90 Å². The number of rotatable bonds is 4. The zero-order valence-corrected chi connectivity index (χ0v) is 10.3. The molecule has 0 spiro atoms. The maximum atomic E-state index is 11.4. The Hall–Kier alpha value is -1.51. The maximum absolute atomic E-state index is 11.4. The molecule has 1 aromatic rings. The number of aliphatic hydroxyl groups is 1. The molecule has 0 radical (unpaired) electrons. The summed E-state index contributed by atoms with van der Waals surface area (Å²) in [5, 5.41) is 18.0. The lowest BCUT2D eigenvalue weighted by Gasteiger charge is -2.09. The van der Waals surface area contributed by atoms with Crippen molar-refractivity contribution in [3.8, 4) is 6.07 Å². The van der Waals surface area contributed by atoms with Crippen molar-refractivity contribution < 1.29 is 14.6 Å². The minimum atomic E-state index is -0.361. The molecule has 0 atom stereocenters. The monoisotopic (exact) mass is 251 g/mol. The largest absolute Gasteiger partial charge is 0.466 e. The van der Waals surface area contributed by atoms with E-state index in [0.29, 0.717) is 28.2 Å². The second-order valence-electron chi connectivity index (χ2n) is 3.39. The number of hydrogen-bond acceptors (Lipinski definition) is 5. The molecule has 17 heavy (non-hydrogen) atoms. The first-order valence-corrected chi connectivity index (χ1v) is 5.58. The van der Waals surface area contributed by atoms with E-state index in [-0.39, 0.29) is 19.0 Å². The molecular formula is C12H13NO3S. The van der Waals surface area contributed by atoms with Gasteiger partial charge < -0.3 is 9.84 Å². The lowest BCUT2D eigenvalue weighted by Crippen LogP contribution is -2.09. The second kappa shape index (κ2) is 6.28. The Bertz CT molecular complexity index is 466. The van der Waals surface area contributed by atoms with Crippen molar-refractivity contribution in [1.29, 1.82) is 5.26 Å². The van der Waals surface area contributed by atoms with Crippen LogP contribution in [0.25, 0.3) is 0 Å². The highest BCUT2D eigenvalue weighted by Crippen LogP contribution is 2.20. The lowest BCUT2D eigenvalue weighted by atomic mass is 10.0. The molecule has 0 saturated heterocycles. The molecule has 0 aliphatic carbocycles. The Kier molecular flexibility index (Phi) is 5.01. The molecule has 0 bridgehead atoms. The molecule has 0 unspecified atom stereocenters. The van der Waals surface area contributed by atoms with E-state index in [1.807, 2.05) is 6.07 Å². The number of nitrogens with zero attached hydrogens (tertiary/aromatic N) is 1. The van der Waals surface area contributed by atoms with Crippen LogP contribution >= 0.6 is 12.6 Å². The van der Waals surface area contributed by atoms with Crippen molar-refractivity contribution in [1.82, 2.24) is 0 Å². The fourth-order valence-corrected chi connectivity index (χ4v) is 1.72. The van der Waals surface area contributed by atoms with Crippen LogP contribution in [0.1, 0.15) is 23.6 Å². The Balaban J connectivity index is 3.03. The minimum absolute atomic E-state index is 0.0724. The SMILES string of the molecule is CCOC(=O)Cc1cc(S)c(C#N)cc1CO. The maximum Gasteiger partial charge on any atom is 0.310 e. The van der Waals surface area contributed by atoms with E-state index < -0.39 is 0 Å². The van der Waals surface area contributed by atoms with E-state index in [9.17, 15) is 9.90 Å². The summed E-state index contributed by atoms with van der Waals surface area (Å²) >= 11 is 4.15. The van der Waals surface area contributed by atoms with Crippen molar-refractivity contribution in [2.45, 2.75) is 24.8 Å². The van der Waals surface area contributed by atoms with Crippen molar-refractivity contribution in [2.75, 3.05) is 6.61 Å². The molecule has 90 valence electrons. The van der Waals surface area contributed by atoms with Gasteiger partial charge in [-0.15, -0.1) is 12.6 Å². The summed E-state index contributed by atoms with van der Waals surface area (Å²) in [5.74, 6) is -0.361. The summed E-state index contributed by atoms with van der Waals surface area (Å²) in [6.07, 6.45) is 0.0724. The third-order valence-corrected chi connectivity index (χ3v) is 2.62. The second-order valence-corrected chi connectivity index (χ2v) is 3.87. The van der Waals surface area contributed by atoms with Gasteiger partial charge in [0.1, 0.15) is 6.07 Å². The quantitative estimate of drug-likeness (QED) is 0.627. The van der Waals surface area contributed by atoms with Crippen molar-refractivity contribution in [3.63, 3.8) is 0 Å². The molecule has 0 aliphatic heterocycles. The van der Waals surface area contributed by atoms with Crippen LogP contribution < -0.4 is 0 Å². The van der Waals surface area contributed by atoms with Crippen LogP contribution in [0.5, 0.6) is 0 Å². The molecule has 1 rings (SSSR count). The zero-order chi connectivity index (χ0) is 12.8. The van der Waals surface area contributed by atoms with Crippen LogP contribution in [-0.2, 0) is 22.6 Å². The molecule has 0 saturated carbocycles. The average Bonchev–Trinajstić information content (AvgIpc) is 2.29. The number of esters is 1. The highest BCUT2D eigenvalue weighted by molar-refractivity contribution is 7.80. The van der Waals surface area contributed by atoms with Gasteiger partial charge in [-0.1, -0.05) is 0 Å². The third kappa shape index (κ3) is 3.48. The summed E-state index contributed by atoms with van der Waals surface area (Å²) in [6.45, 7) is 1.82. The van der Waals surface area contributed by atoms with Crippen LogP contribution in [0, 0.1) is 11.3 Å². The number of nitriles is 1. The number of aliphatic hydroxyl groups excluding tert-OH is 1. The molecule has 1 N–H and O–H groups in total. The lowest BCUT2D eigenvalue weighted by molar-refractivity contribution is -0.142. The van der Waals surface area contributed by atoms with Crippen molar-refractivity contribution >= 4 is 18.6 Å². The van der Waals surface area contributed by atoms with Gasteiger partial charge in [0.25, 0.3) is 0 Å². The Labute approximate surface area is 105 Å². The van der Waals surface area contributed by atoms with E-state index in [4.69, 9.17) is 10.00 Å². The summed E-state index contributed by atoms with van der Waals surface area (Å²) in [7, 11) is 0. The number of ether oxygens (including phenoxy) is 1. The standard InChI is InChI=1S/C12H13NO3S/c1-2-16-12(15)5-8-4-11(17)9(6-13)3-10(8)7-14/h3-4,14,17H,2,5,7H2,1H3. The van der Waals surface area contributed by atoms with Crippen molar-refractivity contribution in [2.24, 2.45) is 0 Å².